The van der Waals surface area contributed by atoms with Crippen molar-refractivity contribution in [3.8, 4) is 0 Å². The van der Waals surface area contributed by atoms with E-state index in [1.165, 1.54) is 0 Å². The highest BCUT2D eigenvalue weighted by atomic mass is 16.5. The second kappa shape index (κ2) is 6.58. The Kier molecular flexibility index (Phi) is 5.63. The van der Waals surface area contributed by atoms with Gasteiger partial charge >= 0.3 is 0 Å². The number of nitrogens with one attached hydrogen (secondary N) is 1. The third-order valence-electron chi connectivity index (χ3n) is 2.87. The lowest BCUT2D eigenvalue weighted by Crippen LogP contribution is -2.35. The number of furan rings is 1. The summed E-state index contributed by atoms with van der Waals surface area (Å²) in [7, 11) is 0. The first-order valence-corrected chi connectivity index (χ1v) is 7.05. The maximum absolute atomic E-state index is 5.74. The minimum atomic E-state index is 0.0944. The van der Waals surface area contributed by atoms with Gasteiger partial charge in [0.15, 0.2) is 0 Å². The molecule has 19 heavy (non-hydrogen) atoms. The summed E-state index contributed by atoms with van der Waals surface area (Å²) in [6.07, 6.45) is 2.81. The van der Waals surface area contributed by atoms with Crippen LogP contribution in [0.15, 0.2) is 16.7 Å². The summed E-state index contributed by atoms with van der Waals surface area (Å²) in [5, 5.41) is 3.43. The Bertz CT molecular complexity index is 369. The summed E-state index contributed by atoms with van der Waals surface area (Å²) in [6.45, 7) is 15.3. The average molecular weight is 267 g/mol. The molecule has 3 nitrogen and oxygen atoms in total. The summed E-state index contributed by atoms with van der Waals surface area (Å²) in [5.74, 6) is 0.977. The number of ether oxygens (including phenoxy) is 1. The molecule has 0 atom stereocenters. The van der Waals surface area contributed by atoms with E-state index in [4.69, 9.17) is 9.15 Å². The third-order valence-corrected chi connectivity index (χ3v) is 2.87. The van der Waals surface area contributed by atoms with Gasteiger partial charge in [-0.05, 0) is 38.7 Å². The van der Waals surface area contributed by atoms with E-state index in [1.54, 1.807) is 6.26 Å². The number of hydrogen-bond acceptors (Lipinski definition) is 3. The largest absolute Gasteiger partial charge is 0.468 e. The molecule has 0 unspecified atom stereocenters. The minimum absolute atomic E-state index is 0.0944. The van der Waals surface area contributed by atoms with Crippen LogP contribution in [0.4, 0.5) is 0 Å². The van der Waals surface area contributed by atoms with Gasteiger partial charge in [0.25, 0.3) is 0 Å². The molecule has 0 spiro atoms. The number of hydrogen-bond donors (Lipinski definition) is 1. The lowest BCUT2D eigenvalue weighted by Gasteiger charge is -2.20. The van der Waals surface area contributed by atoms with Crippen molar-refractivity contribution >= 4 is 0 Å². The van der Waals surface area contributed by atoms with E-state index in [0.717, 1.165) is 30.9 Å². The Labute approximate surface area is 117 Å². The highest BCUT2D eigenvalue weighted by molar-refractivity contribution is 5.16. The maximum atomic E-state index is 5.74. The van der Waals surface area contributed by atoms with Crippen molar-refractivity contribution in [1.82, 2.24) is 5.32 Å². The van der Waals surface area contributed by atoms with Gasteiger partial charge in [-0.25, -0.2) is 0 Å². The Morgan fingerprint density at radius 1 is 1.16 bits per heavy atom. The molecule has 0 aliphatic heterocycles. The van der Waals surface area contributed by atoms with Gasteiger partial charge in [0, 0.05) is 17.7 Å². The molecule has 0 aliphatic carbocycles. The van der Waals surface area contributed by atoms with Crippen LogP contribution in [-0.4, -0.2) is 12.1 Å². The molecule has 0 aliphatic rings. The van der Waals surface area contributed by atoms with Gasteiger partial charge in [-0.1, -0.05) is 20.8 Å². The number of rotatable bonds is 6. The lowest BCUT2D eigenvalue weighted by atomic mass is 9.93. The van der Waals surface area contributed by atoms with E-state index in [1.807, 2.05) is 6.07 Å². The Balaban J connectivity index is 2.37. The average Bonchev–Trinajstić information content (AvgIpc) is 2.66. The van der Waals surface area contributed by atoms with E-state index in [0.29, 0.717) is 12.0 Å². The molecule has 1 aromatic heterocycles. The molecule has 1 aromatic rings. The van der Waals surface area contributed by atoms with Gasteiger partial charge in [-0.15, -0.1) is 0 Å². The zero-order valence-corrected chi connectivity index (χ0v) is 13.3. The first-order valence-electron chi connectivity index (χ1n) is 7.05. The van der Waals surface area contributed by atoms with Crippen molar-refractivity contribution in [2.45, 2.75) is 66.7 Å². The zero-order valence-electron chi connectivity index (χ0n) is 13.3. The summed E-state index contributed by atoms with van der Waals surface area (Å²) in [4.78, 5) is 0. The Hall–Kier alpha value is -0.800. The van der Waals surface area contributed by atoms with Crippen molar-refractivity contribution in [3.05, 3.63) is 23.7 Å². The van der Waals surface area contributed by atoms with Crippen molar-refractivity contribution in [2.24, 2.45) is 5.41 Å². The van der Waals surface area contributed by atoms with Crippen LogP contribution in [0.1, 0.15) is 59.3 Å². The van der Waals surface area contributed by atoms with Crippen LogP contribution in [0.5, 0.6) is 0 Å². The van der Waals surface area contributed by atoms with Crippen LogP contribution < -0.4 is 5.32 Å². The molecule has 0 amide bonds. The maximum Gasteiger partial charge on any atom is 0.123 e. The lowest BCUT2D eigenvalue weighted by molar-refractivity contribution is 0.0950. The quantitative estimate of drug-likeness (QED) is 0.787. The van der Waals surface area contributed by atoms with Gasteiger partial charge in [0.2, 0.25) is 0 Å². The summed E-state index contributed by atoms with van der Waals surface area (Å²) < 4.78 is 11.3. The van der Waals surface area contributed by atoms with Crippen molar-refractivity contribution in [2.75, 3.05) is 6.61 Å². The molecule has 110 valence electrons. The monoisotopic (exact) mass is 267 g/mol. The van der Waals surface area contributed by atoms with Crippen molar-refractivity contribution in [3.63, 3.8) is 0 Å². The van der Waals surface area contributed by atoms with Gasteiger partial charge in [0.05, 0.1) is 19.4 Å². The molecular formula is C16H29NO2. The highest BCUT2D eigenvalue weighted by Crippen LogP contribution is 2.19. The SMILES string of the molecule is CC(C)(C)CCOCc1ccoc1CNC(C)(C)C. The second-order valence-electron chi connectivity index (χ2n) is 7.34. The smallest absolute Gasteiger partial charge is 0.123 e. The molecule has 3 heteroatoms. The minimum Gasteiger partial charge on any atom is -0.468 e. The van der Waals surface area contributed by atoms with E-state index < -0.39 is 0 Å². The van der Waals surface area contributed by atoms with Crippen molar-refractivity contribution in [1.29, 1.82) is 0 Å². The molecule has 0 bridgehead atoms. The summed E-state index contributed by atoms with van der Waals surface area (Å²) in [5.41, 5.74) is 1.56. The molecule has 0 saturated heterocycles. The molecule has 0 fully saturated rings. The first-order chi connectivity index (χ1) is 8.67. The predicted molar refractivity (Wildman–Crippen MR) is 79.0 cm³/mol. The molecule has 1 heterocycles. The van der Waals surface area contributed by atoms with Gasteiger partial charge in [-0.3, -0.25) is 0 Å². The van der Waals surface area contributed by atoms with Gasteiger partial charge < -0.3 is 14.5 Å². The summed E-state index contributed by atoms with van der Waals surface area (Å²) in [6, 6.07) is 2.00. The molecule has 1 rings (SSSR count). The molecule has 1 N–H and O–H groups in total. The predicted octanol–water partition coefficient (Wildman–Crippen LogP) is 4.12. The van der Waals surface area contributed by atoms with E-state index in [9.17, 15) is 0 Å². The fourth-order valence-corrected chi connectivity index (χ4v) is 1.56. The van der Waals surface area contributed by atoms with Crippen LogP contribution in [0, 0.1) is 5.41 Å². The fourth-order valence-electron chi connectivity index (χ4n) is 1.56. The van der Waals surface area contributed by atoms with Crippen LogP contribution >= 0.6 is 0 Å². The van der Waals surface area contributed by atoms with Crippen LogP contribution in [0.2, 0.25) is 0 Å². The second-order valence-corrected chi connectivity index (χ2v) is 7.34. The molecule has 0 aromatic carbocycles. The third kappa shape index (κ3) is 7.38. The topological polar surface area (TPSA) is 34.4 Å². The van der Waals surface area contributed by atoms with Gasteiger partial charge in [0.1, 0.15) is 5.76 Å². The van der Waals surface area contributed by atoms with Gasteiger partial charge in [-0.2, -0.15) is 0 Å². The summed E-state index contributed by atoms with van der Waals surface area (Å²) >= 11 is 0. The first kappa shape index (κ1) is 16.3. The van der Waals surface area contributed by atoms with Crippen LogP contribution in [0.25, 0.3) is 0 Å². The van der Waals surface area contributed by atoms with E-state index in [2.05, 4.69) is 46.9 Å². The van der Waals surface area contributed by atoms with Crippen LogP contribution in [0.3, 0.4) is 0 Å². The zero-order chi connectivity index (χ0) is 14.5. The normalized spacial score (nSPS) is 12.9. The van der Waals surface area contributed by atoms with Crippen LogP contribution in [-0.2, 0) is 17.9 Å². The Morgan fingerprint density at radius 3 is 2.42 bits per heavy atom. The highest BCUT2D eigenvalue weighted by Gasteiger charge is 2.13. The van der Waals surface area contributed by atoms with Crippen molar-refractivity contribution < 1.29 is 9.15 Å². The fraction of sp³-hybridized carbons (Fsp3) is 0.750. The molecule has 0 saturated carbocycles. The van der Waals surface area contributed by atoms with E-state index >= 15 is 0 Å². The standard InChI is InChI=1S/C16H29NO2/c1-15(2,3)8-10-18-12-13-7-9-19-14(13)11-17-16(4,5)6/h7,9,17H,8,10-12H2,1-6H3. The van der Waals surface area contributed by atoms with E-state index in [-0.39, 0.29) is 5.54 Å². The molecule has 0 radical (unpaired) electrons. The molecular weight excluding hydrogens is 238 g/mol. The Morgan fingerprint density at radius 2 is 1.84 bits per heavy atom.